The summed E-state index contributed by atoms with van der Waals surface area (Å²) >= 11 is 2.83. The van der Waals surface area contributed by atoms with Crippen molar-refractivity contribution in [1.29, 1.82) is 5.26 Å². The maximum absolute atomic E-state index is 12.7. The molecule has 0 aliphatic carbocycles. The number of hydrogen-bond acceptors (Lipinski definition) is 2. The lowest BCUT2D eigenvalue weighted by atomic mass is 10.1. The van der Waals surface area contributed by atoms with Gasteiger partial charge >= 0.3 is 0 Å². The van der Waals surface area contributed by atoms with Crippen molar-refractivity contribution in [3.05, 3.63) is 27.7 Å². The van der Waals surface area contributed by atoms with Gasteiger partial charge in [-0.15, -0.1) is 0 Å². The molecule has 2 nitrogen and oxygen atoms in total. The van der Waals surface area contributed by atoms with Crippen molar-refractivity contribution in [2.75, 3.05) is 0 Å². The average Bonchev–Trinajstić information content (AvgIpc) is 2.09. The largest absolute Gasteiger partial charge is 0.264 e. The molecule has 1 rings (SSSR count). The van der Waals surface area contributed by atoms with Gasteiger partial charge in [-0.05, 0) is 15.9 Å². The third-order valence-electron chi connectivity index (χ3n) is 1.57. The molecule has 14 heavy (non-hydrogen) atoms. The van der Waals surface area contributed by atoms with E-state index in [0.29, 0.717) is 6.07 Å². The Balaban J connectivity index is 3.30. The van der Waals surface area contributed by atoms with E-state index in [-0.39, 0.29) is 16.6 Å². The van der Waals surface area contributed by atoms with Crippen LogP contribution >= 0.6 is 15.9 Å². The van der Waals surface area contributed by atoms with Crippen LogP contribution in [0, 0.1) is 17.3 Å². The fourth-order valence-corrected chi connectivity index (χ4v) is 1.52. The van der Waals surface area contributed by atoms with E-state index in [1.165, 1.54) is 0 Å². The van der Waals surface area contributed by atoms with Crippen molar-refractivity contribution in [2.45, 2.75) is 12.8 Å². The number of halogens is 4. The number of rotatable bonds is 2. The first-order valence-corrected chi connectivity index (χ1v) is 4.35. The number of nitriles is 1. The van der Waals surface area contributed by atoms with Crippen molar-refractivity contribution < 1.29 is 13.2 Å². The van der Waals surface area contributed by atoms with Crippen LogP contribution in [-0.4, -0.2) is 4.98 Å². The third kappa shape index (κ3) is 2.23. The third-order valence-corrected chi connectivity index (χ3v) is 2.22. The van der Waals surface area contributed by atoms with Gasteiger partial charge in [0.1, 0.15) is 4.60 Å². The molecule has 0 saturated heterocycles. The lowest BCUT2D eigenvalue weighted by Gasteiger charge is -2.07. The Kier molecular flexibility index (Phi) is 3.47. The summed E-state index contributed by atoms with van der Waals surface area (Å²) in [6, 6.07) is 2.35. The summed E-state index contributed by atoms with van der Waals surface area (Å²) in [6.07, 6.45) is -3.04. The molecule has 6 heteroatoms. The van der Waals surface area contributed by atoms with E-state index in [1.807, 2.05) is 0 Å². The fraction of sp³-hybridized carbons (Fsp3) is 0.250. The number of alkyl halides is 2. The highest BCUT2D eigenvalue weighted by atomic mass is 79.9. The molecule has 0 radical (unpaired) electrons. The van der Waals surface area contributed by atoms with Crippen LogP contribution in [0.3, 0.4) is 0 Å². The van der Waals surface area contributed by atoms with Gasteiger partial charge < -0.3 is 0 Å². The molecule has 1 aromatic rings. The molecule has 0 bridgehead atoms. The van der Waals surface area contributed by atoms with Gasteiger partial charge in [0.05, 0.1) is 12.5 Å². The SMILES string of the molecule is N#CCc1c(C(F)F)cc(F)nc1Br. The van der Waals surface area contributed by atoms with E-state index in [9.17, 15) is 13.2 Å². The number of pyridine rings is 1. The molecule has 0 aliphatic heterocycles. The Morgan fingerprint density at radius 2 is 2.21 bits per heavy atom. The van der Waals surface area contributed by atoms with Crippen LogP contribution in [0.15, 0.2) is 10.7 Å². The summed E-state index contributed by atoms with van der Waals surface area (Å²) in [5.74, 6) is -0.992. The van der Waals surface area contributed by atoms with Gasteiger partial charge in [-0.2, -0.15) is 9.65 Å². The Bertz CT molecular complexity index is 387. The average molecular weight is 265 g/mol. The van der Waals surface area contributed by atoms with Crippen molar-refractivity contribution in [3.63, 3.8) is 0 Å². The summed E-state index contributed by atoms with van der Waals surface area (Å²) in [5.41, 5.74) is -0.463. The van der Waals surface area contributed by atoms with Gasteiger partial charge in [0, 0.05) is 17.2 Å². The summed E-state index contributed by atoms with van der Waals surface area (Å²) in [6.45, 7) is 0. The van der Waals surface area contributed by atoms with Crippen LogP contribution in [0.2, 0.25) is 0 Å². The van der Waals surface area contributed by atoms with Crippen LogP contribution in [0.4, 0.5) is 13.2 Å². The van der Waals surface area contributed by atoms with Crippen molar-refractivity contribution >= 4 is 15.9 Å². The highest BCUT2D eigenvalue weighted by Crippen LogP contribution is 2.28. The maximum atomic E-state index is 12.7. The Labute approximate surface area is 86.5 Å². The monoisotopic (exact) mass is 264 g/mol. The minimum Gasteiger partial charge on any atom is -0.212 e. The Morgan fingerprint density at radius 1 is 1.57 bits per heavy atom. The van der Waals surface area contributed by atoms with Crippen molar-refractivity contribution in [2.24, 2.45) is 0 Å². The zero-order valence-corrected chi connectivity index (χ0v) is 8.35. The molecule has 0 aromatic carbocycles. The van der Waals surface area contributed by atoms with Gasteiger partial charge in [0.2, 0.25) is 5.95 Å². The molecule has 0 atom stereocenters. The molecule has 0 spiro atoms. The van der Waals surface area contributed by atoms with Crippen LogP contribution < -0.4 is 0 Å². The lowest BCUT2D eigenvalue weighted by molar-refractivity contribution is 0.149. The van der Waals surface area contributed by atoms with Gasteiger partial charge in [-0.3, -0.25) is 0 Å². The quantitative estimate of drug-likeness (QED) is 0.771. The summed E-state index contributed by atoms with van der Waals surface area (Å²) < 4.78 is 37.4. The predicted molar refractivity (Wildman–Crippen MR) is 46.2 cm³/mol. The molecular formula is C8H4BrF3N2. The summed E-state index contributed by atoms with van der Waals surface area (Å²) in [7, 11) is 0. The molecule has 1 heterocycles. The topological polar surface area (TPSA) is 36.7 Å². The zero-order chi connectivity index (χ0) is 10.7. The molecule has 1 aromatic heterocycles. The molecule has 0 N–H and O–H groups in total. The summed E-state index contributed by atoms with van der Waals surface area (Å²) in [5, 5.41) is 8.38. The van der Waals surface area contributed by atoms with Gasteiger partial charge in [0.15, 0.2) is 0 Å². The highest BCUT2D eigenvalue weighted by Gasteiger charge is 2.17. The second-order valence-corrected chi connectivity index (χ2v) is 3.19. The van der Waals surface area contributed by atoms with E-state index in [4.69, 9.17) is 5.26 Å². The highest BCUT2D eigenvalue weighted by molar-refractivity contribution is 9.10. The smallest absolute Gasteiger partial charge is 0.212 e. The first kappa shape index (κ1) is 11.0. The van der Waals surface area contributed by atoms with Crippen LogP contribution in [-0.2, 0) is 6.42 Å². The fourth-order valence-electron chi connectivity index (χ4n) is 0.977. The van der Waals surface area contributed by atoms with Crippen LogP contribution in [0.1, 0.15) is 17.6 Å². The van der Waals surface area contributed by atoms with E-state index in [2.05, 4.69) is 20.9 Å². The normalized spacial score (nSPS) is 10.3. The lowest BCUT2D eigenvalue weighted by Crippen LogP contribution is -2.00. The molecule has 0 amide bonds. The maximum Gasteiger partial charge on any atom is 0.264 e. The number of nitrogens with zero attached hydrogens (tertiary/aromatic N) is 2. The number of hydrogen-bond donors (Lipinski definition) is 0. The first-order chi connectivity index (χ1) is 6.56. The Hall–Kier alpha value is -1.09. The standard InChI is InChI=1S/C8H4BrF3N2/c9-7-4(1-2-13)5(8(11)12)3-6(10)14-7/h3,8H,1H2. The first-order valence-electron chi connectivity index (χ1n) is 3.56. The minimum absolute atomic E-state index is 0.0314. The molecular weight excluding hydrogens is 261 g/mol. The molecule has 0 saturated carbocycles. The van der Waals surface area contributed by atoms with Gasteiger partial charge in [-0.1, -0.05) is 0 Å². The van der Waals surface area contributed by atoms with Crippen molar-refractivity contribution in [3.8, 4) is 6.07 Å². The van der Waals surface area contributed by atoms with Crippen molar-refractivity contribution in [1.82, 2.24) is 4.98 Å². The van der Waals surface area contributed by atoms with E-state index in [0.717, 1.165) is 0 Å². The van der Waals surface area contributed by atoms with Crippen LogP contribution in [0.5, 0.6) is 0 Å². The van der Waals surface area contributed by atoms with Gasteiger partial charge in [-0.25, -0.2) is 13.8 Å². The minimum atomic E-state index is -2.81. The molecule has 0 unspecified atom stereocenters. The second kappa shape index (κ2) is 4.42. The molecule has 74 valence electrons. The summed E-state index contributed by atoms with van der Waals surface area (Å²) in [4.78, 5) is 3.30. The molecule has 0 aliphatic rings. The van der Waals surface area contributed by atoms with E-state index in [1.54, 1.807) is 6.07 Å². The number of aromatic nitrogens is 1. The van der Waals surface area contributed by atoms with Gasteiger partial charge in [0.25, 0.3) is 6.43 Å². The second-order valence-electron chi connectivity index (χ2n) is 2.44. The zero-order valence-electron chi connectivity index (χ0n) is 6.77. The van der Waals surface area contributed by atoms with E-state index >= 15 is 0 Å². The predicted octanol–water partition coefficient (Wildman–Crippen LogP) is 2.99. The van der Waals surface area contributed by atoms with E-state index < -0.39 is 17.9 Å². The van der Waals surface area contributed by atoms with Crippen LogP contribution in [0.25, 0.3) is 0 Å². The molecule has 0 fully saturated rings. The Morgan fingerprint density at radius 3 is 2.71 bits per heavy atom.